The number of unbranched alkanes of at least 4 members (excludes halogenated alkanes) is 1. The highest BCUT2D eigenvalue weighted by atomic mass is 32.2. The molecule has 0 bridgehead atoms. The number of fused-ring (bicyclic) bond motifs is 1. The highest BCUT2D eigenvalue weighted by molar-refractivity contribution is 7.92. The molecule has 1 aromatic carbocycles. The molecule has 0 spiro atoms. The van der Waals surface area contributed by atoms with E-state index in [1.807, 2.05) is 12.3 Å². The number of sulfone groups is 1. The van der Waals surface area contributed by atoms with Crippen LogP contribution in [0.15, 0.2) is 30.5 Å². The Labute approximate surface area is 181 Å². The predicted octanol–water partition coefficient (Wildman–Crippen LogP) is 4.63. The first-order valence-corrected chi connectivity index (χ1v) is 12.8. The summed E-state index contributed by atoms with van der Waals surface area (Å²) in [5, 5.41) is 1.13. The monoisotopic (exact) mass is 432 g/mol. The summed E-state index contributed by atoms with van der Waals surface area (Å²) in [6.45, 7) is 10.1. The molecule has 1 saturated heterocycles. The summed E-state index contributed by atoms with van der Waals surface area (Å²) < 4.78 is 30.4. The number of aryl methyl sites for hydroxylation is 1. The van der Waals surface area contributed by atoms with Crippen molar-refractivity contribution in [2.75, 3.05) is 25.4 Å². The van der Waals surface area contributed by atoms with Crippen LogP contribution in [0, 0.1) is 0 Å². The zero-order valence-corrected chi connectivity index (χ0v) is 19.7. The van der Waals surface area contributed by atoms with Gasteiger partial charge in [-0.1, -0.05) is 19.4 Å². The van der Waals surface area contributed by atoms with Gasteiger partial charge in [0.25, 0.3) is 0 Å². The Morgan fingerprint density at radius 1 is 1.23 bits per heavy atom. The van der Waals surface area contributed by atoms with Crippen LogP contribution in [0.1, 0.15) is 58.9 Å². The van der Waals surface area contributed by atoms with E-state index in [-0.39, 0.29) is 11.9 Å². The molecule has 1 atom stereocenters. The van der Waals surface area contributed by atoms with Crippen LogP contribution in [-0.2, 0) is 16.3 Å². The molecule has 5 nitrogen and oxygen atoms in total. The number of nitrogens with zero attached hydrogens (tertiary/aromatic N) is 2. The molecule has 0 saturated carbocycles. The maximum absolute atomic E-state index is 12.3. The summed E-state index contributed by atoms with van der Waals surface area (Å²) in [7, 11) is -3.05. The smallest absolute Gasteiger partial charge is 0.155 e. The zero-order valence-electron chi connectivity index (χ0n) is 18.9. The second-order valence-corrected chi connectivity index (χ2v) is 12.2. The second-order valence-electron chi connectivity index (χ2n) is 9.39. The average Bonchev–Trinajstić information content (AvgIpc) is 3.12. The van der Waals surface area contributed by atoms with Crippen LogP contribution < -0.4 is 4.74 Å². The molecular weight excluding hydrogens is 396 g/mol. The molecule has 3 rings (SSSR count). The van der Waals surface area contributed by atoms with Gasteiger partial charge in [0.05, 0.1) is 10.5 Å². The van der Waals surface area contributed by atoms with E-state index in [0.717, 1.165) is 49.1 Å². The summed E-state index contributed by atoms with van der Waals surface area (Å²) in [6.07, 6.45) is 6.96. The third kappa shape index (κ3) is 5.73. The topological polar surface area (TPSA) is 59.5 Å². The molecule has 0 N–H and O–H groups in total. The maximum atomic E-state index is 12.3. The molecule has 1 aliphatic heterocycles. The minimum atomic E-state index is -3.05. The van der Waals surface area contributed by atoms with Gasteiger partial charge in [-0.3, -0.25) is 9.88 Å². The van der Waals surface area contributed by atoms with Crippen LogP contribution in [-0.4, -0.2) is 54.5 Å². The Bertz CT molecular complexity index is 951. The number of aromatic nitrogens is 1. The lowest BCUT2D eigenvalue weighted by Gasteiger charge is -2.21. The molecule has 1 aliphatic rings. The fourth-order valence-corrected chi connectivity index (χ4v) is 5.02. The summed E-state index contributed by atoms with van der Waals surface area (Å²) in [4.78, 5) is 6.88. The van der Waals surface area contributed by atoms with Crippen molar-refractivity contribution in [3.05, 3.63) is 36.0 Å². The van der Waals surface area contributed by atoms with Crippen LogP contribution in [0.3, 0.4) is 0 Å². The van der Waals surface area contributed by atoms with E-state index >= 15 is 0 Å². The lowest BCUT2D eigenvalue weighted by atomic mass is 10.0. The third-order valence-corrected chi connectivity index (χ3v) is 8.58. The number of benzene rings is 1. The minimum absolute atomic E-state index is 0.121. The molecule has 0 radical (unpaired) electrons. The van der Waals surface area contributed by atoms with Gasteiger partial charge in [0.15, 0.2) is 9.84 Å². The molecule has 0 aliphatic carbocycles. The van der Waals surface area contributed by atoms with Crippen molar-refractivity contribution in [1.82, 2.24) is 9.88 Å². The third-order valence-electron chi connectivity index (χ3n) is 5.89. The molecule has 166 valence electrons. The Morgan fingerprint density at radius 3 is 2.77 bits per heavy atom. The molecule has 6 heteroatoms. The molecule has 0 amide bonds. The number of hydrogen-bond donors (Lipinski definition) is 0. The highest BCUT2D eigenvalue weighted by Crippen LogP contribution is 2.29. The van der Waals surface area contributed by atoms with E-state index in [0.29, 0.717) is 6.42 Å². The Kier molecular flexibility index (Phi) is 7.40. The number of ether oxygens (including phenoxy) is 1. The largest absolute Gasteiger partial charge is 0.487 e. The first-order chi connectivity index (χ1) is 14.2. The number of rotatable bonds is 9. The number of hydrogen-bond acceptors (Lipinski definition) is 5. The quantitative estimate of drug-likeness (QED) is 0.578. The molecule has 1 fully saturated rings. The van der Waals surface area contributed by atoms with Gasteiger partial charge < -0.3 is 4.74 Å². The maximum Gasteiger partial charge on any atom is 0.155 e. The van der Waals surface area contributed by atoms with Crippen LogP contribution >= 0.6 is 0 Å². The van der Waals surface area contributed by atoms with Crippen LogP contribution in [0.5, 0.6) is 5.75 Å². The Morgan fingerprint density at radius 2 is 2.03 bits per heavy atom. The highest BCUT2D eigenvalue weighted by Gasteiger charge is 2.29. The lowest BCUT2D eigenvalue weighted by molar-refractivity contribution is 0.202. The summed E-state index contributed by atoms with van der Waals surface area (Å²) in [5.41, 5.74) is 2.22. The van der Waals surface area contributed by atoms with Gasteiger partial charge in [-0.05, 0) is 76.8 Å². The number of pyridine rings is 1. The van der Waals surface area contributed by atoms with Crippen molar-refractivity contribution in [3.63, 3.8) is 0 Å². The van der Waals surface area contributed by atoms with Crippen LogP contribution in [0.4, 0.5) is 0 Å². The summed E-state index contributed by atoms with van der Waals surface area (Å²) in [5.74, 6) is 1.12. The van der Waals surface area contributed by atoms with Gasteiger partial charge in [-0.25, -0.2) is 8.42 Å². The van der Waals surface area contributed by atoms with E-state index in [9.17, 15) is 8.42 Å². The minimum Gasteiger partial charge on any atom is -0.487 e. The Hall–Kier alpha value is -1.66. The normalized spacial score (nSPS) is 18.2. The van der Waals surface area contributed by atoms with E-state index in [1.54, 1.807) is 20.8 Å². The van der Waals surface area contributed by atoms with Crippen molar-refractivity contribution < 1.29 is 13.2 Å². The molecule has 2 heterocycles. The summed E-state index contributed by atoms with van der Waals surface area (Å²) in [6, 6.07) is 8.45. The fraction of sp³-hybridized carbons (Fsp3) is 0.625. The molecule has 0 unspecified atom stereocenters. The molecule has 1 aromatic heterocycles. The Balaban J connectivity index is 1.60. The van der Waals surface area contributed by atoms with Crippen molar-refractivity contribution >= 4 is 20.7 Å². The van der Waals surface area contributed by atoms with Gasteiger partial charge in [0.2, 0.25) is 0 Å². The molecule has 30 heavy (non-hydrogen) atoms. The van der Waals surface area contributed by atoms with Crippen LogP contribution in [0.25, 0.3) is 10.9 Å². The van der Waals surface area contributed by atoms with Gasteiger partial charge >= 0.3 is 0 Å². The van der Waals surface area contributed by atoms with Gasteiger partial charge in [0, 0.05) is 24.7 Å². The fourth-order valence-electron chi connectivity index (χ4n) is 3.89. The summed E-state index contributed by atoms with van der Waals surface area (Å²) >= 11 is 0. The number of likely N-dealkylation sites (tertiary alicyclic amines) is 1. The molecular formula is C24H36N2O3S. The van der Waals surface area contributed by atoms with Crippen molar-refractivity contribution in [3.8, 4) is 5.75 Å². The zero-order chi connectivity index (χ0) is 21.8. The van der Waals surface area contributed by atoms with Crippen molar-refractivity contribution in [2.24, 2.45) is 0 Å². The van der Waals surface area contributed by atoms with Gasteiger partial charge in [-0.2, -0.15) is 0 Å². The standard InChI is InChI=1S/C24H36N2O3S/c1-5-6-9-19-16-20-10-7-12-25-23(20)22(17-19)29-21-11-14-26(18-21)13-8-15-30(27,28)24(2,3)4/h7,10,12,16-17,21H,5-6,8-9,11,13-15,18H2,1-4H3/t21-/m1/s1. The van der Waals surface area contributed by atoms with Crippen molar-refractivity contribution in [1.29, 1.82) is 0 Å². The van der Waals surface area contributed by atoms with E-state index in [2.05, 4.69) is 35.0 Å². The van der Waals surface area contributed by atoms with Gasteiger partial charge in [0.1, 0.15) is 17.4 Å². The molecule has 2 aromatic rings. The van der Waals surface area contributed by atoms with Crippen molar-refractivity contribution in [2.45, 2.75) is 70.7 Å². The average molecular weight is 433 g/mol. The lowest BCUT2D eigenvalue weighted by Crippen LogP contribution is -2.32. The van der Waals surface area contributed by atoms with Gasteiger partial charge in [-0.15, -0.1) is 0 Å². The predicted molar refractivity (Wildman–Crippen MR) is 124 cm³/mol. The SMILES string of the molecule is CCCCc1cc(O[C@@H]2CCN(CCCS(=O)(=O)C(C)(C)C)C2)c2ncccc2c1. The first-order valence-electron chi connectivity index (χ1n) is 11.2. The van der Waals surface area contributed by atoms with E-state index in [4.69, 9.17) is 4.74 Å². The van der Waals surface area contributed by atoms with Crippen LogP contribution in [0.2, 0.25) is 0 Å². The van der Waals surface area contributed by atoms with E-state index < -0.39 is 14.6 Å². The first kappa shape index (κ1) is 23.0. The van der Waals surface area contributed by atoms with E-state index in [1.165, 1.54) is 18.4 Å². The second kappa shape index (κ2) is 9.65.